The van der Waals surface area contributed by atoms with Crippen molar-refractivity contribution < 1.29 is 0 Å². The van der Waals surface area contributed by atoms with E-state index >= 15 is 0 Å². The first kappa shape index (κ1) is 15.4. The highest BCUT2D eigenvalue weighted by molar-refractivity contribution is 5.87. The molecule has 0 N–H and O–H groups in total. The SMILES string of the molecule is Cc1ccc(CC2=C3CCC(=C2c2cccc(C(C)C)c2)C3)cc1. The van der Waals surface area contributed by atoms with Crippen LogP contribution in [0, 0.1) is 6.92 Å². The Morgan fingerprint density at radius 3 is 2.42 bits per heavy atom. The number of hydrogen-bond acceptors (Lipinski definition) is 0. The summed E-state index contributed by atoms with van der Waals surface area (Å²) in [5, 5.41) is 0. The quantitative estimate of drug-likeness (QED) is 0.595. The maximum Gasteiger partial charge on any atom is -0.00200 e. The van der Waals surface area contributed by atoms with Crippen LogP contribution >= 0.6 is 0 Å². The zero-order chi connectivity index (χ0) is 16.7. The van der Waals surface area contributed by atoms with E-state index in [4.69, 9.17) is 0 Å². The second-order valence-corrected chi connectivity index (χ2v) is 7.68. The van der Waals surface area contributed by atoms with E-state index in [1.54, 1.807) is 22.3 Å². The van der Waals surface area contributed by atoms with Gasteiger partial charge in [0, 0.05) is 0 Å². The van der Waals surface area contributed by atoms with Gasteiger partial charge in [-0.05, 0) is 66.4 Å². The van der Waals surface area contributed by atoms with E-state index in [1.165, 1.54) is 41.5 Å². The molecular weight excluding hydrogens is 288 g/mol. The highest BCUT2D eigenvalue weighted by Crippen LogP contribution is 2.49. The van der Waals surface area contributed by atoms with Gasteiger partial charge in [0.2, 0.25) is 0 Å². The molecular formula is C24H26. The Balaban J connectivity index is 1.71. The van der Waals surface area contributed by atoms with Crippen molar-refractivity contribution in [3.05, 3.63) is 87.5 Å². The van der Waals surface area contributed by atoms with Gasteiger partial charge >= 0.3 is 0 Å². The molecule has 0 aromatic heterocycles. The van der Waals surface area contributed by atoms with Crippen molar-refractivity contribution in [2.75, 3.05) is 0 Å². The lowest BCUT2D eigenvalue weighted by Gasteiger charge is -2.18. The number of fused-ring (bicyclic) bond motifs is 2. The summed E-state index contributed by atoms with van der Waals surface area (Å²) in [5.41, 5.74) is 12.2. The van der Waals surface area contributed by atoms with E-state index in [2.05, 4.69) is 69.3 Å². The van der Waals surface area contributed by atoms with Crippen LogP contribution in [0.2, 0.25) is 0 Å². The fraction of sp³-hybridized carbons (Fsp3) is 0.333. The Morgan fingerprint density at radius 2 is 1.67 bits per heavy atom. The van der Waals surface area contributed by atoms with Gasteiger partial charge in [-0.2, -0.15) is 0 Å². The van der Waals surface area contributed by atoms with Crippen molar-refractivity contribution in [2.24, 2.45) is 0 Å². The van der Waals surface area contributed by atoms with E-state index in [-0.39, 0.29) is 0 Å². The Morgan fingerprint density at radius 1 is 0.917 bits per heavy atom. The molecule has 0 aliphatic heterocycles. The highest BCUT2D eigenvalue weighted by Gasteiger charge is 2.30. The molecule has 0 radical (unpaired) electrons. The molecule has 24 heavy (non-hydrogen) atoms. The molecule has 0 spiro atoms. The highest BCUT2D eigenvalue weighted by atomic mass is 14.3. The third-order valence-corrected chi connectivity index (χ3v) is 5.58. The number of hydrogen-bond donors (Lipinski definition) is 0. The largest absolute Gasteiger partial charge is 0.0617 e. The zero-order valence-corrected chi connectivity index (χ0v) is 15.0. The summed E-state index contributed by atoms with van der Waals surface area (Å²) in [6, 6.07) is 18.3. The van der Waals surface area contributed by atoms with Gasteiger partial charge in [0.1, 0.15) is 0 Å². The molecule has 0 heterocycles. The van der Waals surface area contributed by atoms with Gasteiger partial charge in [-0.15, -0.1) is 0 Å². The van der Waals surface area contributed by atoms with Crippen LogP contribution in [-0.2, 0) is 6.42 Å². The molecule has 122 valence electrons. The summed E-state index contributed by atoms with van der Waals surface area (Å²) in [6.45, 7) is 6.72. The second-order valence-electron chi connectivity index (χ2n) is 7.68. The fourth-order valence-corrected chi connectivity index (χ4v) is 4.15. The molecule has 1 saturated carbocycles. The number of allylic oxidation sites excluding steroid dienone is 4. The van der Waals surface area contributed by atoms with Crippen LogP contribution in [0.1, 0.15) is 61.3 Å². The summed E-state index contributed by atoms with van der Waals surface area (Å²) in [7, 11) is 0. The Hall–Kier alpha value is -2.08. The fourth-order valence-electron chi connectivity index (χ4n) is 4.15. The van der Waals surface area contributed by atoms with E-state index in [0.29, 0.717) is 5.92 Å². The lowest BCUT2D eigenvalue weighted by molar-refractivity contribution is 0.866. The predicted molar refractivity (Wildman–Crippen MR) is 103 cm³/mol. The summed E-state index contributed by atoms with van der Waals surface area (Å²) in [6.07, 6.45) is 4.86. The molecule has 0 nitrogen and oxygen atoms in total. The van der Waals surface area contributed by atoms with Crippen molar-refractivity contribution in [1.82, 2.24) is 0 Å². The third kappa shape index (κ3) is 2.75. The first-order valence-corrected chi connectivity index (χ1v) is 9.21. The Bertz CT molecular complexity index is 829. The van der Waals surface area contributed by atoms with Crippen LogP contribution in [0.4, 0.5) is 0 Å². The van der Waals surface area contributed by atoms with Crippen LogP contribution in [0.5, 0.6) is 0 Å². The van der Waals surface area contributed by atoms with Gasteiger partial charge in [0.25, 0.3) is 0 Å². The van der Waals surface area contributed by atoms with Crippen LogP contribution in [0.3, 0.4) is 0 Å². The molecule has 2 aliphatic carbocycles. The van der Waals surface area contributed by atoms with Crippen molar-refractivity contribution in [3.8, 4) is 0 Å². The maximum atomic E-state index is 2.42. The first-order valence-electron chi connectivity index (χ1n) is 9.21. The number of rotatable bonds is 4. The van der Waals surface area contributed by atoms with Gasteiger partial charge in [-0.1, -0.05) is 79.1 Å². The minimum atomic E-state index is 0.586. The number of aryl methyl sites for hydroxylation is 1. The minimum Gasteiger partial charge on any atom is -0.0617 e. The maximum absolute atomic E-state index is 2.42. The topological polar surface area (TPSA) is 0 Å². The van der Waals surface area contributed by atoms with E-state index in [9.17, 15) is 0 Å². The monoisotopic (exact) mass is 314 g/mol. The summed E-state index contributed by atoms with van der Waals surface area (Å²) < 4.78 is 0. The Kier molecular flexibility index (Phi) is 3.92. The van der Waals surface area contributed by atoms with Crippen molar-refractivity contribution >= 4 is 5.57 Å². The molecule has 2 aromatic rings. The van der Waals surface area contributed by atoms with Gasteiger partial charge < -0.3 is 0 Å². The lowest BCUT2D eigenvalue weighted by atomic mass is 9.86. The van der Waals surface area contributed by atoms with E-state index in [1.807, 2.05) is 0 Å². The van der Waals surface area contributed by atoms with E-state index in [0.717, 1.165) is 6.42 Å². The summed E-state index contributed by atoms with van der Waals surface area (Å²) >= 11 is 0. The molecule has 1 fully saturated rings. The molecule has 2 bridgehead atoms. The standard InChI is InChI=1S/C24H26/c1-16(2)19-5-4-6-21(14-19)24-22-12-11-20(15-22)23(24)13-18-9-7-17(3)8-10-18/h4-10,14,16H,11-13,15H2,1-3H3. The van der Waals surface area contributed by atoms with E-state index < -0.39 is 0 Å². The van der Waals surface area contributed by atoms with Gasteiger partial charge in [-0.25, -0.2) is 0 Å². The van der Waals surface area contributed by atoms with Crippen LogP contribution < -0.4 is 0 Å². The van der Waals surface area contributed by atoms with Crippen LogP contribution in [0.15, 0.2) is 65.3 Å². The molecule has 2 aliphatic rings. The summed E-state index contributed by atoms with van der Waals surface area (Å²) in [4.78, 5) is 0. The minimum absolute atomic E-state index is 0.586. The molecule has 2 aromatic carbocycles. The summed E-state index contributed by atoms with van der Waals surface area (Å²) in [5.74, 6) is 0.586. The van der Waals surface area contributed by atoms with Crippen LogP contribution in [-0.4, -0.2) is 0 Å². The average Bonchev–Trinajstić information content (AvgIpc) is 3.18. The number of benzene rings is 2. The van der Waals surface area contributed by atoms with Crippen molar-refractivity contribution in [3.63, 3.8) is 0 Å². The zero-order valence-electron chi connectivity index (χ0n) is 15.0. The second kappa shape index (κ2) is 6.09. The van der Waals surface area contributed by atoms with Crippen LogP contribution in [0.25, 0.3) is 5.57 Å². The lowest BCUT2D eigenvalue weighted by Crippen LogP contribution is -2.00. The predicted octanol–water partition coefficient (Wildman–Crippen LogP) is 6.61. The smallest absolute Gasteiger partial charge is 0.00200 e. The Labute approximate surface area is 145 Å². The molecule has 0 saturated heterocycles. The van der Waals surface area contributed by atoms with Crippen molar-refractivity contribution in [2.45, 2.75) is 52.4 Å². The van der Waals surface area contributed by atoms with Gasteiger partial charge in [0.15, 0.2) is 0 Å². The molecule has 0 unspecified atom stereocenters. The average molecular weight is 314 g/mol. The molecule has 0 amide bonds. The molecule has 4 rings (SSSR count). The molecule has 0 heteroatoms. The van der Waals surface area contributed by atoms with Gasteiger partial charge in [-0.3, -0.25) is 0 Å². The molecule has 0 atom stereocenters. The van der Waals surface area contributed by atoms with Crippen molar-refractivity contribution in [1.29, 1.82) is 0 Å². The van der Waals surface area contributed by atoms with Gasteiger partial charge in [0.05, 0.1) is 0 Å². The normalized spacial score (nSPS) is 16.7. The first-order chi connectivity index (χ1) is 11.6. The third-order valence-electron chi connectivity index (χ3n) is 5.58.